The second kappa shape index (κ2) is 5.13. The molecule has 3 aromatic rings. The van der Waals surface area contributed by atoms with Crippen molar-refractivity contribution >= 4 is 44.6 Å². The third-order valence-electron chi connectivity index (χ3n) is 3.13. The third-order valence-corrected chi connectivity index (χ3v) is 4.80. The molecule has 0 bridgehead atoms. The average Bonchev–Trinajstić information content (AvgIpc) is 2.89. The molecule has 5 heteroatoms. The fourth-order valence-electron chi connectivity index (χ4n) is 2.13. The summed E-state index contributed by atoms with van der Waals surface area (Å²) in [7, 11) is 0. The van der Waals surface area contributed by atoms with Gasteiger partial charge in [-0.05, 0) is 60.7 Å². The van der Waals surface area contributed by atoms with E-state index in [1.54, 1.807) is 11.3 Å². The van der Waals surface area contributed by atoms with Crippen molar-refractivity contribution in [3.8, 4) is 0 Å². The Morgan fingerprint density at radius 3 is 2.74 bits per heavy atom. The number of hydrogen-bond donors (Lipinski definition) is 1. The van der Waals surface area contributed by atoms with E-state index in [9.17, 15) is 0 Å². The van der Waals surface area contributed by atoms with E-state index >= 15 is 0 Å². The predicted molar refractivity (Wildman–Crippen MR) is 89.0 cm³/mol. The molecule has 1 aromatic carbocycles. The topological polar surface area (TPSA) is 29.3 Å². The summed E-state index contributed by atoms with van der Waals surface area (Å²) in [6, 6.07) is 8.43. The Morgan fingerprint density at radius 1 is 1.26 bits per heavy atom. The van der Waals surface area contributed by atoms with Crippen LogP contribution in [0.5, 0.6) is 0 Å². The molecule has 0 aliphatic rings. The Bertz CT molecular complexity index is 712. The van der Waals surface area contributed by atoms with Crippen molar-refractivity contribution in [3.63, 3.8) is 0 Å². The molecule has 0 spiro atoms. The summed E-state index contributed by atoms with van der Waals surface area (Å²) >= 11 is 4.01. The molecule has 1 N–H and O–H groups in total. The van der Waals surface area contributed by atoms with Crippen molar-refractivity contribution in [2.45, 2.75) is 20.4 Å². The number of fused-ring (bicyclic) bond motifs is 1. The van der Waals surface area contributed by atoms with E-state index in [1.165, 1.54) is 15.0 Å². The van der Waals surface area contributed by atoms with E-state index < -0.39 is 0 Å². The van der Waals surface area contributed by atoms with Crippen molar-refractivity contribution < 1.29 is 0 Å². The number of benzene rings is 1. The fraction of sp³-hybridized carbons (Fsp3) is 0.214. The van der Waals surface area contributed by atoms with Gasteiger partial charge in [-0.1, -0.05) is 0 Å². The van der Waals surface area contributed by atoms with Crippen molar-refractivity contribution in [3.05, 3.63) is 50.3 Å². The number of aryl methyl sites for hydroxylation is 2. The Morgan fingerprint density at radius 2 is 2.00 bits per heavy atom. The number of aromatic nitrogens is 2. The lowest BCUT2D eigenvalue weighted by Crippen LogP contribution is -2.04. The number of hydrogen-bond acceptors (Lipinski definition) is 3. The van der Waals surface area contributed by atoms with Crippen LogP contribution in [0, 0.1) is 17.4 Å². The highest BCUT2D eigenvalue weighted by Crippen LogP contribution is 2.21. The minimum atomic E-state index is 0.797. The first-order valence-corrected chi connectivity index (χ1v) is 8.02. The van der Waals surface area contributed by atoms with E-state index in [-0.39, 0.29) is 0 Å². The maximum Gasteiger partial charge on any atom is 0.194 e. The number of anilines is 1. The molecule has 3 nitrogen and oxygen atoms in total. The van der Waals surface area contributed by atoms with E-state index in [1.807, 2.05) is 0 Å². The highest BCUT2D eigenvalue weighted by Gasteiger charge is 2.11. The van der Waals surface area contributed by atoms with Gasteiger partial charge in [0.25, 0.3) is 0 Å². The molecule has 19 heavy (non-hydrogen) atoms. The molecule has 0 saturated carbocycles. The lowest BCUT2D eigenvalue weighted by Gasteiger charge is -2.07. The van der Waals surface area contributed by atoms with Crippen LogP contribution >= 0.6 is 33.9 Å². The van der Waals surface area contributed by atoms with Crippen LogP contribution < -0.4 is 5.32 Å². The monoisotopic (exact) mass is 383 g/mol. The standard InChI is InChI=1S/C14H14IN3S/c1-9-8-19-14-17-10(2)13(18(9)14)7-16-12-5-3-11(15)4-6-12/h3-6,8,16H,7H2,1-2H3. The van der Waals surface area contributed by atoms with Gasteiger partial charge in [-0.25, -0.2) is 4.98 Å². The maximum atomic E-state index is 4.60. The van der Waals surface area contributed by atoms with Gasteiger partial charge < -0.3 is 5.32 Å². The van der Waals surface area contributed by atoms with Crippen LogP contribution in [-0.2, 0) is 6.54 Å². The van der Waals surface area contributed by atoms with Gasteiger partial charge in [-0.2, -0.15) is 0 Å². The van der Waals surface area contributed by atoms with Gasteiger partial charge in [0.2, 0.25) is 0 Å². The van der Waals surface area contributed by atoms with E-state index in [0.29, 0.717) is 0 Å². The minimum absolute atomic E-state index is 0.797. The number of imidazole rings is 1. The minimum Gasteiger partial charge on any atom is -0.379 e. The SMILES string of the molecule is Cc1nc2scc(C)n2c1CNc1ccc(I)cc1. The van der Waals surface area contributed by atoms with Crippen LogP contribution in [-0.4, -0.2) is 9.38 Å². The third kappa shape index (κ3) is 2.49. The Balaban J connectivity index is 1.87. The Labute approximate surface area is 129 Å². The summed E-state index contributed by atoms with van der Waals surface area (Å²) in [5.74, 6) is 0. The summed E-state index contributed by atoms with van der Waals surface area (Å²) in [4.78, 5) is 5.68. The number of nitrogens with zero attached hydrogens (tertiary/aromatic N) is 2. The maximum absolute atomic E-state index is 4.60. The van der Waals surface area contributed by atoms with E-state index in [4.69, 9.17) is 0 Å². The van der Waals surface area contributed by atoms with Gasteiger partial charge in [0.1, 0.15) is 0 Å². The van der Waals surface area contributed by atoms with Crippen LogP contribution in [0.15, 0.2) is 29.6 Å². The molecule has 0 radical (unpaired) electrons. The molecular weight excluding hydrogens is 369 g/mol. The molecule has 0 unspecified atom stereocenters. The van der Waals surface area contributed by atoms with Crippen LogP contribution in [0.25, 0.3) is 4.96 Å². The van der Waals surface area contributed by atoms with Gasteiger partial charge in [-0.15, -0.1) is 11.3 Å². The van der Waals surface area contributed by atoms with Crippen LogP contribution in [0.2, 0.25) is 0 Å². The normalized spacial score (nSPS) is 11.1. The zero-order valence-corrected chi connectivity index (χ0v) is 13.7. The number of halogens is 1. The van der Waals surface area contributed by atoms with Gasteiger partial charge in [0.05, 0.1) is 17.9 Å². The quantitative estimate of drug-likeness (QED) is 0.686. The molecule has 0 saturated heterocycles. The molecule has 2 heterocycles. The van der Waals surface area contributed by atoms with Crippen LogP contribution in [0.4, 0.5) is 5.69 Å². The summed E-state index contributed by atoms with van der Waals surface area (Å²) < 4.78 is 3.49. The number of nitrogens with one attached hydrogen (secondary N) is 1. The molecular formula is C14H14IN3S. The highest BCUT2D eigenvalue weighted by atomic mass is 127. The summed E-state index contributed by atoms with van der Waals surface area (Å²) in [5.41, 5.74) is 4.74. The van der Waals surface area contributed by atoms with Gasteiger partial charge in [0, 0.05) is 20.3 Å². The van der Waals surface area contributed by atoms with Crippen molar-refractivity contribution in [1.29, 1.82) is 0 Å². The molecule has 0 amide bonds. The van der Waals surface area contributed by atoms with Crippen molar-refractivity contribution in [1.82, 2.24) is 9.38 Å². The first-order chi connectivity index (χ1) is 9.15. The summed E-state index contributed by atoms with van der Waals surface area (Å²) in [6.45, 7) is 4.99. The fourth-order valence-corrected chi connectivity index (χ4v) is 3.42. The van der Waals surface area contributed by atoms with Crippen LogP contribution in [0.3, 0.4) is 0 Å². The first-order valence-electron chi connectivity index (χ1n) is 6.06. The molecule has 0 fully saturated rings. The van der Waals surface area contributed by atoms with E-state index in [0.717, 1.165) is 22.9 Å². The zero-order valence-electron chi connectivity index (χ0n) is 10.8. The van der Waals surface area contributed by atoms with Crippen molar-refractivity contribution in [2.75, 3.05) is 5.32 Å². The Kier molecular flexibility index (Phi) is 3.49. The molecule has 0 aliphatic heterocycles. The zero-order chi connectivity index (χ0) is 13.4. The summed E-state index contributed by atoms with van der Waals surface area (Å²) in [6.07, 6.45) is 0. The van der Waals surface area contributed by atoms with Crippen molar-refractivity contribution in [2.24, 2.45) is 0 Å². The second-order valence-corrected chi connectivity index (χ2v) is 6.58. The molecule has 98 valence electrons. The number of rotatable bonds is 3. The Hall–Kier alpha value is -1.08. The van der Waals surface area contributed by atoms with Gasteiger partial charge >= 0.3 is 0 Å². The van der Waals surface area contributed by atoms with Crippen LogP contribution in [0.1, 0.15) is 17.1 Å². The van der Waals surface area contributed by atoms with E-state index in [2.05, 4.69) is 80.8 Å². The molecule has 3 rings (SSSR count). The van der Waals surface area contributed by atoms with Gasteiger partial charge in [0.15, 0.2) is 4.96 Å². The summed E-state index contributed by atoms with van der Waals surface area (Å²) in [5, 5.41) is 5.61. The molecule has 2 aromatic heterocycles. The molecule has 0 aliphatic carbocycles. The second-order valence-electron chi connectivity index (χ2n) is 4.50. The highest BCUT2D eigenvalue weighted by molar-refractivity contribution is 14.1. The lowest BCUT2D eigenvalue weighted by atomic mass is 10.3. The molecule has 0 atom stereocenters. The number of thiazole rings is 1. The predicted octanol–water partition coefficient (Wildman–Crippen LogP) is 4.23. The first kappa shape index (κ1) is 12.9. The largest absolute Gasteiger partial charge is 0.379 e. The lowest BCUT2D eigenvalue weighted by molar-refractivity contribution is 0.966. The average molecular weight is 383 g/mol. The smallest absolute Gasteiger partial charge is 0.194 e. The van der Waals surface area contributed by atoms with Gasteiger partial charge in [-0.3, -0.25) is 4.40 Å².